The van der Waals surface area contributed by atoms with Crippen molar-refractivity contribution in [3.63, 3.8) is 0 Å². The van der Waals surface area contributed by atoms with Crippen LogP contribution in [-0.4, -0.2) is 13.2 Å². The second-order valence-electron chi connectivity index (χ2n) is 4.20. The molecular weight excluding hydrogens is 410 g/mol. The third-order valence-corrected chi connectivity index (χ3v) is 3.83. The fourth-order valence-electron chi connectivity index (χ4n) is 1.61. The summed E-state index contributed by atoms with van der Waals surface area (Å²) in [7, 11) is 0. The summed E-state index contributed by atoms with van der Waals surface area (Å²) < 4.78 is 38.0. The number of halogens is 4. The van der Waals surface area contributed by atoms with Crippen molar-refractivity contribution in [1.29, 1.82) is 0 Å². The van der Waals surface area contributed by atoms with Crippen molar-refractivity contribution in [1.82, 2.24) is 0 Å². The van der Waals surface area contributed by atoms with E-state index in [4.69, 9.17) is 9.47 Å². The average Bonchev–Trinajstić information content (AvgIpc) is 2.42. The van der Waals surface area contributed by atoms with Crippen molar-refractivity contribution in [2.24, 2.45) is 0 Å². The van der Waals surface area contributed by atoms with Crippen LogP contribution in [0.3, 0.4) is 0 Å². The summed E-state index contributed by atoms with van der Waals surface area (Å²) in [6, 6.07) is 8.51. The van der Waals surface area contributed by atoms with Gasteiger partial charge in [-0.1, -0.05) is 0 Å². The highest BCUT2D eigenvalue weighted by Gasteiger charge is 2.04. The van der Waals surface area contributed by atoms with Crippen LogP contribution in [0.2, 0.25) is 0 Å². The molecule has 0 N–H and O–H groups in total. The first kappa shape index (κ1) is 16.2. The van der Waals surface area contributed by atoms with E-state index in [9.17, 15) is 8.78 Å². The predicted molar refractivity (Wildman–Crippen MR) is 83.8 cm³/mol. The van der Waals surface area contributed by atoms with Crippen LogP contribution < -0.4 is 9.47 Å². The van der Waals surface area contributed by atoms with Gasteiger partial charge in [0, 0.05) is 6.42 Å². The van der Waals surface area contributed by atoms with E-state index >= 15 is 0 Å². The van der Waals surface area contributed by atoms with E-state index in [2.05, 4.69) is 31.9 Å². The summed E-state index contributed by atoms with van der Waals surface area (Å²) in [5.41, 5.74) is 0. The van der Waals surface area contributed by atoms with Crippen LogP contribution >= 0.6 is 31.9 Å². The minimum Gasteiger partial charge on any atom is -0.492 e. The molecule has 0 aliphatic rings. The molecule has 2 nitrogen and oxygen atoms in total. The Bertz CT molecular complexity index is 567. The van der Waals surface area contributed by atoms with Crippen LogP contribution in [-0.2, 0) is 0 Å². The van der Waals surface area contributed by atoms with E-state index in [-0.39, 0.29) is 11.6 Å². The maximum atomic E-state index is 12.9. The van der Waals surface area contributed by atoms with Crippen LogP contribution in [0.25, 0.3) is 0 Å². The molecule has 0 aliphatic heterocycles. The highest BCUT2D eigenvalue weighted by atomic mass is 79.9. The van der Waals surface area contributed by atoms with Crippen LogP contribution in [0.1, 0.15) is 6.42 Å². The molecule has 0 amide bonds. The maximum absolute atomic E-state index is 12.9. The molecule has 0 unspecified atom stereocenters. The van der Waals surface area contributed by atoms with Gasteiger partial charge in [-0.3, -0.25) is 0 Å². The average molecular weight is 422 g/mol. The number of rotatable bonds is 6. The second-order valence-corrected chi connectivity index (χ2v) is 5.91. The summed E-state index contributed by atoms with van der Waals surface area (Å²) >= 11 is 6.46. The van der Waals surface area contributed by atoms with E-state index < -0.39 is 0 Å². The second kappa shape index (κ2) is 7.75. The highest BCUT2D eigenvalue weighted by Crippen LogP contribution is 2.26. The normalized spacial score (nSPS) is 10.5. The minimum absolute atomic E-state index is 0.321. The smallest absolute Gasteiger partial charge is 0.133 e. The van der Waals surface area contributed by atoms with Crippen molar-refractivity contribution < 1.29 is 18.3 Å². The van der Waals surface area contributed by atoms with Crippen molar-refractivity contribution in [3.8, 4) is 11.5 Å². The lowest BCUT2D eigenvalue weighted by molar-refractivity contribution is 0.245. The largest absolute Gasteiger partial charge is 0.492 e. The lowest BCUT2D eigenvalue weighted by atomic mass is 10.3. The molecular formula is C15H12Br2F2O2. The van der Waals surface area contributed by atoms with Crippen molar-refractivity contribution in [2.75, 3.05) is 13.2 Å². The molecule has 0 saturated carbocycles. The fraction of sp³-hybridized carbons (Fsp3) is 0.200. The molecule has 0 aliphatic carbocycles. The Morgan fingerprint density at radius 2 is 1.19 bits per heavy atom. The first-order chi connectivity index (χ1) is 10.1. The van der Waals surface area contributed by atoms with Gasteiger partial charge in [-0.2, -0.15) is 0 Å². The van der Waals surface area contributed by atoms with E-state index in [1.807, 2.05) is 0 Å². The Morgan fingerprint density at radius 1 is 0.762 bits per heavy atom. The molecule has 2 aromatic carbocycles. The molecule has 6 heteroatoms. The fourth-order valence-corrected chi connectivity index (χ4v) is 2.54. The predicted octanol–water partition coefficient (Wildman–Crippen LogP) is 5.34. The maximum Gasteiger partial charge on any atom is 0.133 e. The van der Waals surface area contributed by atoms with Gasteiger partial charge in [0.25, 0.3) is 0 Å². The lowest BCUT2D eigenvalue weighted by Gasteiger charge is -2.10. The Kier molecular flexibility index (Phi) is 5.99. The van der Waals surface area contributed by atoms with Crippen LogP contribution in [0.15, 0.2) is 45.3 Å². The third-order valence-electron chi connectivity index (χ3n) is 2.59. The molecule has 2 rings (SSSR count). The minimum atomic E-state index is -0.321. The van der Waals surface area contributed by atoms with Gasteiger partial charge in [-0.15, -0.1) is 0 Å². The summed E-state index contributed by atoms with van der Waals surface area (Å²) in [4.78, 5) is 0. The molecule has 112 valence electrons. The van der Waals surface area contributed by atoms with E-state index in [1.165, 1.54) is 24.3 Å². The van der Waals surface area contributed by atoms with Crippen LogP contribution in [0, 0.1) is 11.6 Å². The molecule has 0 saturated heterocycles. The Hall–Kier alpha value is -1.14. The number of benzene rings is 2. The Morgan fingerprint density at radius 3 is 1.57 bits per heavy atom. The van der Waals surface area contributed by atoms with Gasteiger partial charge >= 0.3 is 0 Å². The first-order valence-electron chi connectivity index (χ1n) is 6.22. The van der Waals surface area contributed by atoms with Gasteiger partial charge in [0.15, 0.2) is 0 Å². The molecule has 0 heterocycles. The van der Waals surface area contributed by atoms with Gasteiger partial charge < -0.3 is 9.47 Å². The lowest BCUT2D eigenvalue weighted by Crippen LogP contribution is -2.05. The standard InChI is InChI=1S/C15H12Br2F2O2/c16-12-8-10(18)2-4-14(12)20-6-1-7-21-15-5-3-11(19)9-13(15)17/h2-5,8-9H,1,6-7H2. The van der Waals surface area contributed by atoms with Gasteiger partial charge in [-0.05, 0) is 68.3 Å². The first-order valence-corrected chi connectivity index (χ1v) is 7.80. The molecule has 0 fully saturated rings. The van der Waals surface area contributed by atoms with Crippen molar-refractivity contribution >= 4 is 31.9 Å². The zero-order valence-corrected chi connectivity index (χ0v) is 14.1. The van der Waals surface area contributed by atoms with Crippen molar-refractivity contribution in [2.45, 2.75) is 6.42 Å². The Labute approximate surface area is 138 Å². The topological polar surface area (TPSA) is 18.5 Å². The summed E-state index contributed by atoms with van der Waals surface area (Å²) in [5.74, 6) is 0.524. The molecule has 0 spiro atoms. The van der Waals surface area contributed by atoms with Gasteiger partial charge in [-0.25, -0.2) is 8.78 Å². The third kappa shape index (κ3) is 4.97. The molecule has 21 heavy (non-hydrogen) atoms. The molecule has 0 aromatic heterocycles. The molecule has 0 bridgehead atoms. The molecule has 0 atom stereocenters. The van der Waals surface area contributed by atoms with E-state index in [0.717, 1.165) is 0 Å². The molecule has 2 aromatic rings. The number of ether oxygens (including phenoxy) is 2. The monoisotopic (exact) mass is 420 g/mol. The van der Waals surface area contributed by atoms with Gasteiger partial charge in [0.2, 0.25) is 0 Å². The summed E-state index contributed by atoms with van der Waals surface area (Å²) in [6.07, 6.45) is 0.646. The van der Waals surface area contributed by atoms with Crippen molar-refractivity contribution in [3.05, 3.63) is 57.0 Å². The van der Waals surface area contributed by atoms with Gasteiger partial charge in [0.05, 0.1) is 22.2 Å². The molecule has 0 radical (unpaired) electrons. The van der Waals surface area contributed by atoms with E-state index in [0.29, 0.717) is 40.1 Å². The van der Waals surface area contributed by atoms with Crippen LogP contribution in [0.4, 0.5) is 8.78 Å². The SMILES string of the molecule is Fc1ccc(OCCCOc2ccc(F)cc2Br)c(Br)c1. The quantitative estimate of drug-likeness (QED) is 0.586. The Balaban J connectivity index is 1.75. The summed E-state index contributed by atoms with van der Waals surface area (Å²) in [5, 5.41) is 0. The van der Waals surface area contributed by atoms with E-state index in [1.54, 1.807) is 12.1 Å². The number of hydrogen-bond donors (Lipinski definition) is 0. The summed E-state index contributed by atoms with van der Waals surface area (Å²) in [6.45, 7) is 0.867. The zero-order chi connectivity index (χ0) is 15.2. The number of hydrogen-bond acceptors (Lipinski definition) is 2. The highest BCUT2D eigenvalue weighted by molar-refractivity contribution is 9.10. The zero-order valence-electron chi connectivity index (χ0n) is 10.9. The van der Waals surface area contributed by atoms with Crippen LogP contribution in [0.5, 0.6) is 11.5 Å². The van der Waals surface area contributed by atoms with Gasteiger partial charge in [0.1, 0.15) is 23.1 Å².